The van der Waals surface area contributed by atoms with Gasteiger partial charge in [-0.2, -0.15) is 0 Å². The molecule has 2 fully saturated rings. The zero-order chi connectivity index (χ0) is 8.73. The summed E-state index contributed by atoms with van der Waals surface area (Å²) in [6, 6.07) is 11.0. The average molecular weight is 173 g/mol. The third-order valence-corrected chi connectivity index (χ3v) is 3.90. The zero-order valence-electron chi connectivity index (χ0n) is 7.79. The van der Waals surface area contributed by atoms with Crippen LogP contribution < -0.4 is 5.32 Å². The molecule has 1 aliphatic carbocycles. The molecule has 1 heteroatoms. The Morgan fingerprint density at radius 1 is 1.23 bits per heavy atom. The van der Waals surface area contributed by atoms with Gasteiger partial charge in [-0.15, -0.1) is 0 Å². The van der Waals surface area contributed by atoms with Gasteiger partial charge in [-0.05, 0) is 30.9 Å². The van der Waals surface area contributed by atoms with E-state index in [-0.39, 0.29) is 0 Å². The van der Waals surface area contributed by atoms with Crippen molar-refractivity contribution in [3.8, 4) is 0 Å². The first-order valence-corrected chi connectivity index (χ1v) is 5.18. The lowest BCUT2D eigenvalue weighted by Crippen LogP contribution is -2.43. The van der Waals surface area contributed by atoms with Crippen LogP contribution in [0.4, 0.5) is 0 Å². The van der Waals surface area contributed by atoms with Gasteiger partial charge in [0.25, 0.3) is 0 Å². The normalized spacial score (nSPS) is 36.8. The van der Waals surface area contributed by atoms with E-state index < -0.39 is 0 Å². The van der Waals surface area contributed by atoms with E-state index in [0.29, 0.717) is 5.41 Å². The molecular formula is C12H15N. The topological polar surface area (TPSA) is 12.0 Å². The molecule has 3 rings (SSSR count). The van der Waals surface area contributed by atoms with Gasteiger partial charge >= 0.3 is 0 Å². The summed E-state index contributed by atoms with van der Waals surface area (Å²) in [6.45, 7) is 2.43. The summed E-state index contributed by atoms with van der Waals surface area (Å²) >= 11 is 0. The highest BCUT2D eigenvalue weighted by atomic mass is 15.0. The van der Waals surface area contributed by atoms with Crippen LogP contribution in [0.5, 0.6) is 0 Å². The van der Waals surface area contributed by atoms with E-state index in [4.69, 9.17) is 0 Å². The molecule has 2 atom stereocenters. The molecule has 0 radical (unpaired) electrons. The molecule has 13 heavy (non-hydrogen) atoms. The summed E-state index contributed by atoms with van der Waals surface area (Å²) in [5, 5.41) is 3.52. The molecule has 1 saturated heterocycles. The van der Waals surface area contributed by atoms with Crippen molar-refractivity contribution in [1.82, 2.24) is 5.32 Å². The van der Waals surface area contributed by atoms with Crippen LogP contribution in [0.3, 0.4) is 0 Å². The Labute approximate surface area is 79.2 Å². The second-order valence-electron chi connectivity index (χ2n) is 4.39. The number of hydrogen-bond donors (Lipinski definition) is 1. The fraction of sp³-hybridized carbons (Fsp3) is 0.500. The van der Waals surface area contributed by atoms with E-state index in [1.807, 2.05) is 0 Å². The maximum absolute atomic E-state index is 3.52. The van der Waals surface area contributed by atoms with E-state index in [0.717, 1.165) is 5.92 Å². The second kappa shape index (κ2) is 2.58. The minimum Gasteiger partial charge on any atom is -0.316 e. The van der Waals surface area contributed by atoms with Crippen molar-refractivity contribution in [2.24, 2.45) is 5.92 Å². The minimum absolute atomic E-state index is 0.515. The molecule has 0 spiro atoms. The summed E-state index contributed by atoms with van der Waals surface area (Å²) in [5.41, 5.74) is 2.07. The van der Waals surface area contributed by atoms with Gasteiger partial charge in [0.1, 0.15) is 0 Å². The Morgan fingerprint density at radius 2 is 2.08 bits per heavy atom. The van der Waals surface area contributed by atoms with Crippen LogP contribution in [0.1, 0.15) is 18.4 Å². The smallest absolute Gasteiger partial charge is 0.0118 e. The maximum Gasteiger partial charge on any atom is 0.0118 e. The van der Waals surface area contributed by atoms with Crippen LogP contribution in [0, 0.1) is 5.92 Å². The number of benzene rings is 1. The molecule has 1 nitrogen and oxygen atoms in total. The van der Waals surface area contributed by atoms with Crippen LogP contribution >= 0.6 is 0 Å². The Morgan fingerprint density at radius 3 is 2.69 bits per heavy atom. The van der Waals surface area contributed by atoms with Gasteiger partial charge in [0.2, 0.25) is 0 Å². The van der Waals surface area contributed by atoms with Crippen LogP contribution in [0.25, 0.3) is 0 Å². The summed E-state index contributed by atoms with van der Waals surface area (Å²) in [6.07, 6.45) is 2.80. The summed E-state index contributed by atoms with van der Waals surface area (Å²) in [4.78, 5) is 0. The lowest BCUT2D eigenvalue weighted by Gasteiger charge is -2.44. The van der Waals surface area contributed by atoms with Crippen molar-refractivity contribution in [2.75, 3.05) is 13.1 Å². The van der Waals surface area contributed by atoms with Crippen LogP contribution in [-0.2, 0) is 5.41 Å². The van der Waals surface area contributed by atoms with Crippen molar-refractivity contribution in [3.05, 3.63) is 35.9 Å². The lowest BCUT2D eigenvalue weighted by atomic mass is 9.59. The van der Waals surface area contributed by atoms with Gasteiger partial charge in [-0.1, -0.05) is 30.3 Å². The van der Waals surface area contributed by atoms with Crippen molar-refractivity contribution >= 4 is 0 Å². The van der Waals surface area contributed by atoms with Gasteiger partial charge < -0.3 is 5.32 Å². The monoisotopic (exact) mass is 173 g/mol. The van der Waals surface area contributed by atoms with Crippen LogP contribution in [0.2, 0.25) is 0 Å². The van der Waals surface area contributed by atoms with E-state index in [2.05, 4.69) is 35.6 Å². The third kappa shape index (κ3) is 0.910. The van der Waals surface area contributed by atoms with E-state index in [1.54, 1.807) is 5.56 Å². The third-order valence-electron chi connectivity index (χ3n) is 3.90. The van der Waals surface area contributed by atoms with Gasteiger partial charge in [-0.25, -0.2) is 0 Å². The first-order valence-electron chi connectivity index (χ1n) is 5.18. The Kier molecular flexibility index (Phi) is 1.50. The second-order valence-corrected chi connectivity index (χ2v) is 4.39. The summed E-state index contributed by atoms with van der Waals surface area (Å²) in [7, 11) is 0. The van der Waals surface area contributed by atoms with Crippen molar-refractivity contribution in [1.29, 1.82) is 0 Å². The van der Waals surface area contributed by atoms with Crippen molar-refractivity contribution < 1.29 is 0 Å². The molecule has 1 aromatic rings. The van der Waals surface area contributed by atoms with E-state index in [1.165, 1.54) is 25.9 Å². The van der Waals surface area contributed by atoms with E-state index in [9.17, 15) is 0 Å². The molecule has 0 amide bonds. The van der Waals surface area contributed by atoms with Gasteiger partial charge in [0, 0.05) is 12.0 Å². The highest BCUT2D eigenvalue weighted by Gasteiger charge is 2.50. The Hall–Kier alpha value is -0.820. The SMILES string of the molecule is c1ccc(C23CCC2CNC3)cc1. The Bertz CT molecular complexity index is 306. The fourth-order valence-corrected chi connectivity index (χ4v) is 2.95. The minimum atomic E-state index is 0.515. The van der Waals surface area contributed by atoms with Crippen molar-refractivity contribution in [3.63, 3.8) is 0 Å². The largest absolute Gasteiger partial charge is 0.316 e. The molecule has 1 N–H and O–H groups in total. The molecule has 68 valence electrons. The maximum atomic E-state index is 3.52. The first-order chi connectivity index (χ1) is 6.42. The number of fused-ring (bicyclic) bond motifs is 1. The molecule has 1 saturated carbocycles. The highest BCUT2D eigenvalue weighted by molar-refractivity contribution is 5.32. The summed E-state index contributed by atoms with van der Waals surface area (Å²) in [5.74, 6) is 0.912. The molecule has 0 bridgehead atoms. The molecule has 1 aliphatic heterocycles. The van der Waals surface area contributed by atoms with Gasteiger partial charge in [0.05, 0.1) is 0 Å². The summed E-state index contributed by atoms with van der Waals surface area (Å²) < 4.78 is 0. The predicted octanol–water partition coefficient (Wildman–Crippen LogP) is 1.94. The average Bonchev–Trinajstić information content (AvgIpc) is 2.45. The highest BCUT2D eigenvalue weighted by Crippen LogP contribution is 2.50. The number of hydrogen-bond acceptors (Lipinski definition) is 1. The predicted molar refractivity (Wildman–Crippen MR) is 53.7 cm³/mol. The van der Waals surface area contributed by atoms with Gasteiger partial charge in [-0.3, -0.25) is 0 Å². The Balaban J connectivity index is 2.00. The van der Waals surface area contributed by atoms with Gasteiger partial charge in [0.15, 0.2) is 0 Å². The van der Waals surface area contributed by atoms with Crippen LogP contribution in [-0.4, -0.2) is 13.1 Å². The standard InChI is InChI=1S/C12H15N/c1-2-4-10(5-3-1)12-7-6-11(12)8-13-9-12/h1-5,11,13H,6-9H2. The van der Waals surface area contributed by atoms with E-state index >= 15 is 0 Å². The quantitative estimate of drug-likeness (QED) is 0.684. The van der Waals surface area contributed by atoms with Crippen molar-refractivity contribution in [2.45, 2.75) is 18.3 Å². The fourth-order valence-electron chi connectivity index (χ4n) is 2.95. The molecule has 2 aliphatic rings. The first kappa shape index (κ1) is 7.57. The number of rotatable bonds is 1. The lowest BCUT2D eigenvalue weighted by molar-refractivity contribution is 0.182. The van der Waals surface area contributed by atoms with Crippen LogP contribution in [0.15, 0.2) is 30.3 Å². The molecule has 1 heterocycles. The molecule has 2 unspecified atom stereocenters. The molecule has 0 aromatic heterocycles. The zero-order valence-corrected chi connectivity index (χ0v) is 7.79. The molecule has 1 aromatic carbocycles. The molecular weight excluding hydrogens is 158 g/mol. The number of nitrogens with one attached hydrogen (secondary N) is 1.